The Hall–Kier alpha value is -0.930. The van der Waals surface area contributed by atoms with Gasteiger partial charge in [-0.25, -0.2) is 4.79 Å². The molecule has 1 saturated carbocycles. The molecule has 0 aromatic rings. The minimum absolute atomic E-state index is 0.0986. The molecule has 6 atom stereocenters. The van der Waals surface area contributed by atoms with Gasteiger partial charge in [0.05, 0.1) is 12.3 Å². The van der Waals surface area contributed by atoms with Gasteiger partial charge in [-0.05, 0) is 59.0 Å². The van der Waals surface area contributed by atoms with Crippen LogP contribution in [0.5, 0.6) is 0 Å². The van der Waals surface area contributed by atoms with Crippen molar-refractivity contribution in [1.29, 1.82) is 0 Å². The Bertz CT molecular complexity index is 463. The molecule has 2 amide bonds. The maximum Gasteiger partial charge on any atom is 0.317 e. The summed E-state index contributed by atoms with van der Waals surface area (Å²) in [4.78, 5) is 14.6. The van der Waals surface area contributed by atoms with Gasteiger partial charge >= 0.3 is 6.03 Å². The van der Waals surface area contributed by atoms with Gasteiger partial charge in [0.25, 0.3) is 0 Å². The van der Waals surface area contributed by atoms with Crippen molar-refractivity contribution in [1.82, 2.24) is 31.5 Å². The van der Waals surface area contributed by atoms with Crippen molar-refractivity contribution in [3.63, 3.8) is 0 Å². The van der Waals surface area contributed by atoms with E-state index >= 15 is 0 Å². The molecule has 1 aliphatic carbocycles. The second-order valence-corrected chi connectivity index (χ2v) is 8.30. The zero-order valence-corrected chi connectivity index (χ0v) is 16.4. The molecule has 3 rings (SSSR count). The van der Waals surface area contributed by atoms with Crippen LogP contribution in [0.1, 0.15) is 39.0 Å². The zero-order valence-electron chi connectivity index (χ0n) is 16.4. The van der Waals surface area contributed by atoms with E-state index in [9.17, 15) is 4.79 Å². The van der Waals surface area contributed by atoms with E-state index in [4.69, 9.17) is 4.74 Å². The predicted octanol–water partition coefficient (Wildman–Crippen LogP) is -0.0245. The fourth-order valence-corrected chi connectivity index (χ4v) is 4.33. The average molecular weight is 369 g/mol. The van der Waals surface area contributed by atoms with Crippen molar-refractivity contribution >= 4 is 6.03 Å². The van der Waals surface area contributed by atoms with Crippen LogP contribution in [-0.4, -0.2) is 75.4 Å². The molecular weight excluding hydrogens is 332 g/mol. The number of hydrogen-bond donors (Lipinski definition) is 5. The highest BCUT2D eigenvalue weighted by Gasteiger charge is 2.35. The van der Waals surface area contributed by atoms with Gasteiger partial charge in [-0.2, -0.15) is 0 Å². The molecule has 0 bridgehead atoms. The Morgan fingerprint density at radius 2 is 2.00 bits per heavy atom. The minimum Gasteiger partial charge on any atom is -0.378 e. The third-order valence-corrected chi connectivity index (χ3v) is 5.70. The number of ether oxygens (including phenoxy) is 1. The lowest BCUT2D eigenvalue weighted by molar-refractivity contribution is 0.0585. The van der Waals surface area contributed by atoms with Crippen molar-refractivity contribution in [3.8, 4) is 0 Å². The van der Waals surface area contributed by atoms with E-state index in [0.717, 1.165) is 51.8 Å². The zero-order chi connectivity index (χ0) is 18.5. The summed E-state index contributed by atoms with van der Waals surface area (Å²) in [5.74, 6) is 0.616. The lowest BCUT2D eigenvalue weighted by Gasteiger charge is -2.37. The van der Waals surface area contributed by atoms with Crippen molar-refractivity contribution in [2.75, 3.05) is 33.8 Å². The lowest BCUT2D eigenvalue weighted by atomic mass is 9.83. The number of urea groups is 1. The molecule has 0 aromatic carbocycles. The van der Waals surface area contributed by atoms with Crippen molar-refractivity contribution in [3.05, 3.63) is 0 Å². The van der Waals surface area contributed by atoms with Crippen LogP contribution < -0.4 is 26.6 Å². The van der Waals surface area contributed by atoms with Crippen molar-refractivity contribution in [2.45, 2.75) is 69.7 Å². The minimum atomic E-state index is -0.221. The summed E-state index contributed by atoms with van der Waals surface area (Å²) in [5.41, 5.74) is 0. The molecular formula is C18H36N6O2. The standard InChI is InChI=1S/C18H36N6O2/c1-12-10-16(19-7-8-24(2)3)22-17(20-12)23-18(25)21-14-4-5-15-13(11-14)6-9-26-15/h12-17,19-20,22H,4-11H2,1-3H3,(H2,21,23,25). The highest BCUT2D eigenvalue weighted by Crippen LogP contribution is 2.34. The van der Waals surface area contributed by atoms with E-state index in [1.165, 1.54) is 0 Å². The van der Waals surface area contributed by atoms with Crippen molar-refractivity contribution in [2.24, 2.45) is 5.92 Å². The van der Waals surface area contributed by atoms with Gasteiger partial charge in [0.2, 0.25) is 0 Å². The molecule has 0 radical (unpaired) electrons. The first-order chi connectivity index (χ1) is 12.5. The summed E-state index contributed by atoms with van der Waals surface area (Å²) in [5, 5.41) is 16.5. The first-order valence-corrected chi connectivity index (χ1v) is 10.1. The van der Waals surface area contributed by atoms with Gasteiger partial charge in [0.15, 0.2) is 0 Å². The predicted molar refractivity (Wildman–Crippen MR) is 102 cm³/mol. The third-order valence-electron chi connectivity index (χ3n) is 5.70. The molecule has 2 heterocycles. The first-order valence-electron chi connectivity index (χ1n) is 10.1. The summed E-state index contributed by atoms with van der Waals surface area (Å²) in [6.07, 6.45) is 5.62. The second kappa shape index (κ2) is 9.32. The Morgan fingerprint density at radius 1 is 1.15 bits per heavy atom. The molecule has 0 aromatic heterocycles. The van der Waals surface area contributed by atoms with Crippen LogP contribution >= 0.6 is 0 Å². The van der Waals surface area contributed by atoms with Crippen LogP contribution in [0.2, 0.25) is 0 Å². The number of fused-ring (bicyclic) bond motifs is 1. The number of nitrogens with zero attached hydrogens (tertiary/aromatic N) is 1. The Kier molecular flexibility index (Phi) is 7.11. The fourth-order valence-electron chi connectivity index (χ4n) is 4.33. The van der Waals surface area contributed by atoms with E-state index in [2.05, 4.69) is 52.5 Å². The summed E-state index contributed by atoms with van der Waals surface area (Å²) < 4.78 is 5.74. The first kappa shape index (κ1) is 19.8. The maximum absolute atomic E-state index is 12.4. The summed E-state index contributed by atoms with van der Waals surface area (Å²) in [6, 6.07) is 0.496. The Balaban J connectivity index is 1.40. The molecule has 26 heavy (non-hydrogen) atoms. The molecule has 3 fully saturated rings. The Labute approximate surface area is 157 Å². The second-order valence-electron chi connectivity index (χ2n) is 8.30. The SMILES string of the molecule is CC1CC(NCCN(C)C)NC(NC(=O)NC2CCC3OCCC3C2)N1. The number of likely N-dealkylation sites (N-methyl/N-ethyl adjacent to an activating group) is 1. The van der Waals surface area contributed by atoms with Gasteiger partial charge < -0.3 is 25.6 Å². The van der Waals surface area contributed by atoms with Gasteiger partial charge in [-0.1, -0.05) is 0 Å². The molecule has 3 aliphatic rings. The molecule has 6 unspecified atom stereocenters. The van der Waals surface area contributed by atoms with E-state index in [1.807, 2.05) is 0 Å². The topological polar surface area (TPSA) is 89.7 Å². The van der Waals surface area contributed by atoms with E-state index in [-0.39, 0.29) is 24.5 Å². The van der Waals surface area contributed by atoms with Crippen LogP contribution in [0.4, 0.5) is 4.79 Å². The van der Waals surface area contributed by atoms with Crippen molar-refractivity contribution < 1.29 is 9.53 Å². The third kappa shape index (κ3) is 5.79. The highest BCUT2D eigenvalue weighted by atomic mass is 16.5. The monoisotopic (exact) mass is 368 g/mol. The van der Waals surface area contributed by atoms with Crippen LogP contribution in [0, 0.1) is 5.92 Å². The van der Waals surface area contributed by atoms with Gasteiger partial charge in [-0.15, -0.1) is 0 Å². The maximum atomic E-state index is 12.4. The number of rotatable bonds is 6. The quantitative estimate of drug-likeness (QED) is 0.453. The molecule has 2 aliphatic heterocycles. The van der Waals surface area contributed by atoms with Crippen LogP contribution in [0.3, 0.4) is 0 Å². The number of hydrogen-bond acceptors (Lipinski definition) is 6. The summed E-state index contributed by atoms with van der Waals surface area (Å²) in [6.45, 7) is 4.94. The number of carbonyl (C=O) groups excluding carboxylic acids is 1. The number of amides is 2. The summed E-state index contributed by atoms with van der Waals surface area (Å²) in [7, 11) is 4.14. The van der Waals surface area contributed by atoms with E-state index in [1.54, 1.807) is 0 Å². The van der Waals surface area contributed by atoms with Crippen LogP contribution in [-0.2, 0) is 4.74 Å². The largest absolute Gasteiger partial charge is 0.378 e. The molecule has 0 spiro atoms. The lowest BCUT2D eigenvalue weighted by Crippen LogP contribution is -2.68. The molecule has 8 nitrogen and oxygen atoms in total. The normalized spacial score (nSPS) is 37.4. The van der Waals surface area contributed by atoms with E-state index in [0.29, 0.717) is 18.1 Å². The molecule has 2 saturated heterocycles. The van der Waals surface area contributed by atoms with Crippen LogP contribution in [0.25, 0.3) is 0 Å². The molecule has 8 heteroatoms. The van der Waals surface area contributed by atoms with Gasteiger partial charge in [0, 0.05) is 31.8 Å². The van der Waals surface area contributed by atoms with Crippen LogP contribution in [0.15, 0.2) is 0 Å². The number of carbonyl (C=O) groups is 1. The van der Waals surface area contributed by atoms with Gasteiger partial charge in [0.1, 0.15) is 6.29 Å². The Morgan fingerprint density at radius 3 is 2.81 bits per heavy atom. The molecule has 150 valence electrons. The highest BCUT2D eigenvalue weighted by molar-refractivity contribution is 5.74. The van der Waals surface area contributed by atoms with Gasteiger partial charge in [-0.3, -0.25) is 10.6 Å². The van der Waals surface area contributed by atoms with E-state index < -0.39 is 0 Å². The molecule has 5 N–H and O–H groups in total. The fraction of sp³-hybridized carbons (Fsp3) is 0.944. The smallest absolute Gasteiger partial charge is 0.317 e. The number of nitrogens with one attached hydrogen (secondary N) is 5. The average Bonchev–Trinajstić information content (AvgIpc) is 3.01. The summed E-state index contributed by atoms with van der Waals surface area (Å²) >= 11 is 0.